The number of methoxy groups -OCH3 is 2. The normalized spacial score (nSPS) is 12.1. The van der Waals surface area contributed by atoms with E-state index in [-0.39, 0.29) is 0 Å². The zero-order chi connectivity index (χ0) is 13.2. The van der Waals surface area contributed by atoms with Crippen LogP contribution in [0.1, 0.15) is 29.5 Å². The molecule has 0 amide bonds. The lowest BCUT2D eigenvalue weighted by Crippen LogP contribution is -2.10. The molecule has 1 aromatic rings. The Labute approximate surface area is 101 Å². The van der Waals surface area contributed by atoms with Gasteiger partial charge in [-0.25, -0.2) is 0 Å². The van der Waals surface area contributed by atoms with E-state index in [0.717, 1.165) is 16.7 Å². The van der Waals surface area contributed by atoms with E-state index in [1.165, 1.54) is 0 Å². The van der Waals surface area contributed by atoms with Gasteiger partial charge in [-0.1, -0.05) is 0 Å². The van der Waals surface area contributed by atoms with E-state index in [1.807, 2.05) is 13.8 Å². The lowest BCUT2D eigenvalue weighted by atomic mass is 9.92. The van der Waals surface area contributed by atoms with E-state index in [9.17, 15) is 4.79 Å². The number of hydrogen-bond acceptors (Lipinski definition) is 3. The Kier molecular flexibility index (Phi) is 3.99. The third-order valence-corrected chi connectivity index (χ3v) is 3.11. The maximum absolute atomic E-state index is 11.0. The number of carboxylic acids is 1. The van der Waals surface area contributed by atoms with Gasteiger partial charge in [-0.05, 0) is 43.5 Å². The van der Waals surface area contributed by atoms with Crippen molar-refractivity contribution in [3.63, 3.8) is 0 Å². The molecule has 0 saturated heterocycles. The molecular weight excluding hydrogens is 220 g/mol. The fourth-order valence-electron chi connectivity index (χ4n) is 1.87. The average molecular weight is 238 g/mol. The van der Waals surface area contributed by atoms with Crippen molar-refractivity contribution < 1.29 is 19.4 Å². The highest BCUT2D eigenvalue weighted by Gasteiger charge is 2.21. The molecule has 1 N–H and O–H groups in total. The Bertz CT molecular complexity index is 438. The van der Waals surface area contributed by atoms with Crippen molar-refractivity contribution in [2.75, 3.05) is 14.2 Å². The molecule has 0 saturated carbocycles. The number of hydrogen-bond donors (Lipinski definition) is 1. The SMILES string of the molecule is COc1cc(C(C)C(=O)O)c(C)c(C)c1OC. The van der Waals surface area contributed by atoms with Crippen molar-refractivity contribution in [2.45, 2.75) is 26.7 Å². The minimum atomic E-state index is -0.847. The zero-order valence-corrected chi connectivity index (χ0v) is 10.8. The third kappa shape index (κ3) is 2.35. The van der Waals surface area contributed by atoms with Crippen LogP contribution in [-0.4, -0.2) is 25.3 Å². The predicted molar refractivity (Wildman–Crippen MR) is 65.1 cm³/mol. The second-order valence-corrected chi connectivity index (χ2v) is 4.01. The summed E-state index contributed by atoms with van der Waals surface area (Å²) in [5.74, 6) is -0.182. The number of carbonyl (C=O) groups is 1. The van der Waals surface area contributed by atoms with E-state index in [2.05, 4.69) is 0 Å². The molecule has 0 aromatic heterocycles. The summed E-state index contributed by atoms with van der Waals surface area (Å²) in [5, 5.41) is 9.07. The van der Waals surface area contributed by atoms with Crippen LogP contribution in [0.2, 0.25) is 0 Å². The van der Waals surface area contributed by atoms with Gasteiger partial charge in [-0.2, -0.15) is 0 Å². The van der Waals surface area contributed by atoms with Crippen molar-refractivity contribution in [1.29, 1.82) is 0 Å². The maximum Gasteiger partial charge on any atom is 0.310 e. The van der Waals surface area contributed by atoms with E-state index in [0.29, 0.717) is 11.5 Å². The fourth-order valence-corrected chi connectivity index (χ4v) is 1.87. The van der Waals surface area contributed by atoms with Crippen LogP contribution in [0.3, 0.4) is 0 Å². The van der Waals surface area contributed by atoms with Crippen molar-refractivity contribution in [2.24, 2.45) is 0 Å². The predicted octanol–water partition coefficient (Wildman–Crippen LogP) is 2.51. The molecule has 0 aliphatic rings. The molecule has 0 fully saturated rings. The topological polar surface area (TPSA) is 55.8 Å². The molecule has 1 aromatic carbocycles. The highest BCUT2D eigenvalue weighted by molar-refractivity contribution is 5.77. The first-order valence-corrected chi connectivity index (χ1v) is 5.38. The highest BCUT2D eigenvalue weighted by Crippen LogP contribution is 2.37. The van der Waals surface area contributed by atoms with Crippen LogP contribution in [-0.2, 0) is 4.79 Å². The molecule has 0 aliphatic carbocycles. The van der Waals surface area contributed by atoms with E-state index < -0.39 is 11.9 Å². The summed E-state index contributed by atoms with van der Waals surface area (Å²) < 4.78 is 10.5. The van der Waals surface area contributed by atoms with Gasteiger partial charge >= 0.3 is 5.97 Å². The molecule has 17 heavy (non-hydrogen) atoms. The number of benzene rings is 1. The summed E-state index contributed by atoms with van der Waals surface area (Å²) in [6, 6.07) is 1.74. The standard InChI is InChI=1S/C13H18O4/c1-7-8(2)12(17-5)11(16-4)6-10(7)9(3)13(14)15/h6,9H,1-5H3,(H,14,15). The Morgan fingerprint density at radius 1 is 1.24 bits per heavy atom. The smallest absolute Gasteiger partial charge is 0.310 e. The third-order valence-electron chi connectivity index (χ3n) is 3.11. The first kappa shape index (κ1) is 13.4. The van der Waals surface area contributed by atoms with E-state index in [1.54, 1.807) is 27.2 Å². The van der Waals surface area contributed by atoms with Crippen molar-refractivity contribution >= 4 is 5.97 Å². The first-order valence-electron chi connectivity index (χ1n) is 5.38. The molecule has 4 nitrogen and oxygen atoms in total. The van der Waals surface area contributed by atoms with Gasteiger partial charge in [-0.3, -0.25) is 4.79 Å². The van der Waals surface area contributed by atoms with Crippen molar-refractivity contribution in [1.82, 2.24) is 0 Å². The lowest BCUT2D eigenvalue weighted by Gasteiger charge is -2.18. The quantitative estimate of drug-likeness (QED) is 0.875. The number of aliphatic carboxylic acids is 1. The molecule has 1 unspecified atom stereocenters. The minimum Gasteiger partial charge on any atom is -0.493 e. The number of ether oxygens (including phenoxy) is 2. The summed E-state index contributed by atoms with van der Waals surface area (Å²) in [4.78, 5) is 11.0. The Morgan fingerprint density at radius 3 is 2.24 bits per heavy atom. The maximum atomic E-state index is 11.0. The largest absolute Gasteiger partial charge is 0.493 e. The van der Waals surface area contributed by atoms with Crippen LogP contribution in [0.15, 0.2) is 6.07 Å². The van der Waals surface area contributed by atoms with Gasteiger partial charge in [0.05, 0.1) is 20.1 Å². The van der Waals surface area contributed by atoms with Crippen molar-refractivity contribution in [3.05, 3.63) is 22.8 Å². The molecule has 1 atom stereocenters. The summed E-state index contributed by atoms with van der Waals surface area (Å²) in [5.41, 5.74) is 2.60. The van der Waals surface area contributed by atoms with Gasteiger partial charge in [0.2, 0.25) is 0 Å². The van der Waals surface area contributed by atoms with Gasteiger partial charge in [-0.15, -0.1) is 0 Å². The Balaban J connectivity index is 3.44. The lowest BCUT2D eigenvalue weighted by molar-refractivity contribution is -0.138. The molecule has 0 radical (unpaired) electrons. The molecular formula is C13H18O4. The average Bonchev–Trinajstić information content (AvgIpc) is 2.31. The first-order chi connectivity index (χ1) is 7.93. The zero-order valence-electron chi connectivity index (χ0n) is 10.8. The molecule has 0 aliphatic heterocycles. The Hall–Kier alpha value is -1.71. The molecule has 94 valence electrons. The van der Waals surface area contributed by atoms with Crippen LogP contribution >= 0.6 is 0 Å². The van der Waals surface area contributed by atoms with Gasteiger partial charge in [0, 0.05) is 0 Å². The molecule has 0 bridgehead atoms. The van der Waals surface area contributed by atoms with Crippen molar-refractivity contribution in [3.8, 4) is 11.5 Å². The van der Waals surface area contributed by atoms with Crippen LogP contribution in [0, 0.1) is 13.8 Å². The Morgan fingerprint density at radius 2 is 1.82 bits per heavy atom. The van der Waals surface area contributed by atoms with Gasteiger partial charge < -0.3 is 14.6 Å². The molecule has 4 heteroatoms. The second-order valence-electron chi connectivity index (χ2n) is 4.01. The number of rotatable bonds is 4. The second kappa shape index (κ2) is 5.08. The van der Waals surface area contributed by atoms with Crippen LogP contribution in [0.25, 0.3) is 0 Å². The van der Waals surface area contributed by atoms with Gasteiger partial charge in [0.25, 0.3) is 0 Å². The van der Waals surface area contributed by atoms with Crippen LogP contribution in [0.4, 0.5) is 0 Å². The van der Waals surface area contributed by atoms with Crippen LogP contribution in [0.5, 0.6) is 11.5 Å². The van der Waals surface area contributed by atoms with Crippen LogP contribution < -0.4 is 9.47 Å². The summed E-state index contributed by atoms with van der Waals surface area (Å²) in [6.45, 7) is 5.46. The highest BCUT2D eigenvalue weighted by atomic mass is 16.5. The van der Waals surface area contributed by atoms with E-state index >= 15 is 0 Å². The molecule has 0 spiro atoms. The van der Waals surface area contributed by atoms with Gasteiger partial charge in [0.1, 0.15) is 0 Å². The fraction of sp³-hybridized carbons (Fsp3) is 0.462. The summed E-state index contributed by atoms with van der Waals surface area (Å²) in [6.07, 6.45) is 0. The van der Waals surface area contributed by atoms with E-state index in [4.69, 9.17) is 14.6 Å². The molecule has 0 heterocycles. The summed E-state index contributed by atoms with van der Waals surface area (Å²) >= 11 is 0. The summed E-state index contributed by atoms with van der Waals surface area (Å²) in [7, 11) is 3.12. The monoisotopic (exact) mass is 238 g/mol. The molecule has 1 rings (SSSR count). The minimum absolute atomic E-state index is 0.562. The van der Waals surface area contributed by atoms with Gasteiger partial charge in [0.15, 0.2) is 11.5 Å². The number of carboxylic acid groups (broad SMARTS) is 1.